The lowest BCUT2D eigenvalue weighted by Gasteiger charge is -2.07. The first-order valence-corrected chi connectivity index (χ1v) is 6.33. The summed E-state index contributed by atoms with van der Waals surface area (Å²) in [5, 5.41) is 3.19. The first-order chi connectivity index (χ1) is 9.24. The minimum atomic E-state index is 0.642. The normalized spacial score (nSPS) is 10.2. The van der Waals surface area contributed by atoms with E-state index in [9.17, 15) is 0 Å². The van der Waals surface area contributed by atoms with E-state index < -0.39 is 0 Å². The van der Waals surface area contributed by atoms with Crippen LogP contribution in [0.25, 0.3) is 0 Å². The minimum Gasteiger partial charge on any atom is -0.492 e. The topological polar surface area (TPSA) is 59.9 Å². The first kappa shape index (κ1) is 13.3. The van der Waals surface area contributed by atoms with Crippen LogP contribution >= 0.6 is 0 Å². The van der Waals surface area contributed by atoms with Crippen LogP contribution in [-0.2, 0) is 0 Å². The Kier molecular flexibility index (Phi) is 4.66. The highest BCUT2D eigenvalue weighted by Gasteiger charge is 1.98. The molecule has 2 aromatic heterocycles. The number of rotatable bonds is 6. The van der Waals surface area contributed by atoms with Crippen molar-refractivity contribution in [3.8, 4) is 5.75 Å². The highest BCUT2D eigenvalue weighted by atomic mass is 16.5. The predicted molar refractivity (Wildman–Crippen MR) is 74.3 cm³/mol. The van der Waals surface area contributed by atoms with E-state index >= 15 is 0 Å². The average molecular weight is 258 g/mol. The van der Waals surface area contributed by atoms with Gasteiger partial charge in [0.25, 0.3) is 0 Å². The number of hydrogen-bond acceptors (Lipinski definition) is 5. The molecule has 0 aliphatic heterocycles. The van der Waals surface area contributed by atoms with E-state index in [1.54, 1.807) is 12.4 Å². The van der Waals surface area contributed by atoms with Crippen molar-refractivity contribution < 1.29 is 4.74 Å². The van der Waals surface area contributed by atoms with Crippen LogP contribution in [0.5, 0.6) is 5.75 Å². The van der Waals surface area contributed by atoms with Gasteiger partial charge in [-0.15, -0.1) is 0 Å². The molecule has 0 amide bonds. The van der Waals surface area contributed by atoms with Crippen molar-refractivity contribution in [2.24, 2.45) is 0 Å². The average Bonchev–Trinajstić information content (AvgIpc) is 2.38. The van der Waals surface area contributed by atoms with Gasteiger partial charge in [0.15, 0.2) is 0 Å². The molecule has 0 saturated heterocycles. The second kappa shape index (κ2) is 6.68. The van der Waals surface area contributed by atoms with Crippen LogP contribution in [0.2, 0.25) is 0 Å². The van der Waals surface area contributed by atoms with E-state index in [4.69, 9.17) is 4.74 Å². The van der Waals surface area contributed by atoms with E-state index in [1.807, 2.05) is 32.0 Å². The Labute approximate surface area is 113 Å². The van der Waals surface area contributed by atoms with E-state index in [0.717, 1.165) is 30.1 Å². The van der Waals surface area contributed by atoms with Crippen LogP contribution in [0.3, 0.4) is 0 Å². The first-order valence-electron chi connectivity index (χ1n) is 6.33. The number of pyridine rings is 1. The number of hydrogen-bond donors (Lipinski definition) is 1. The van der Waals surface area contributed by atoms with Crippen LogP contribution in [0.15, 0.2) is 30.6 Å². The molecule has 0 aliphatic rings. The molecule has 5 heteroatoms. The highest BCUT2D eigenvalue weighted by Crippen LogP contribution is 2.07. The molecule has 0 fully saturated rings. The van der Waals surface area contributed by atoms with E-state index in [0.29, 0.717) is 12.6 Å². The van der Waals surface area contributed by atoms with Crippen LogP contribution in [0, 0.1) is 13.8 Å². The minimum absolute atomic E-state index is 0.642. The van der Waals surface area contributed by atoms with E-state index in [-0.39, 0.29) is 0 Å². The van der Waals surface area contributed by atoms with Gasteiger partial charge in [0.2, 0.25) is 5.95 Å². The second-order valence-electron chi connectivity index (χ2n) is 4.29. The van der Waals surface area contributed by atoms with E-state index in [1.165, 1.54) is 0 Å². The fourth-order valence-corrected chi connectivity index (χ4v) is 1.70. The van der Waals surface area contributed by atoms with Crippen molar-refractivity contribution in [1.29, 1.82) is 0 Å². The van der Waals surface area contributed by atoms with Crippen LogP contribution < -0.4 is 10.1 Å². The number of anilines is 1. The van der Waals surface area contributed by atoms with Gasteiger partial charge in [0.1, 0.15) is 5.75 Å². The smallest absolute Gasteiger partial charge is 0.223 e. The van der Waals surface area contributed by atoms with Gasteiger partial charge in [-0.2, -0.15) is 0 Å². The molecule has 19 heavy (non-hydrogen) atoms. The summed E-state index contributed by atoms with van der Waals surface area (Å²) in [6.45, 7) is 5.35. The summed E-state index contributed by atoms with van der Waals surface area (Å²) in [6.07, 6.45) is 4.32. The van der Waals surface area contributed by atoms with Crippen molar-refractivity contribution in [2.45, 2.75) is 20.3 Å². The highest BCUT2D eigenvalue weighted by molar-refractivity contribution is 5.27. The predicted octanol–water partition coefficient (Wildman–Crippen LogP) is 2.37. The summed E-state index contributed by atoms with van der Waals surface area (Å²) < 4.78 is 5.55. The number of ether oxygens (including phenoxy) is 1. The van der Waals surface area contributed by atoms with Gasteiger partial charge in [-0.25, -0.2) is 9.97 Å². The molecule has 0 unspecified atom stereocenters. The molecule has 0 aliphatic carbocycles. The molecular weight excluding hydrogens is 240 g/mol. The van der Waals surface area contributed by atoms with Gasteiger partial charge < -0.3 is 10.1 Å². The maximum atomic E-state index is 5.55. The van der Waals surface area contributed by atoms with Gasteiger partial charge in [-0.05, 0) is 38.5 Å². The lowest BCUT2D eigenvalue weighted by atomic mass is 10.3. The molecule has 2 heterocycles. The Morgan fingerprint density at radius 3 is 2.68 bits per heavy atom. The van der Waals surface area contributed by atoms with Gasteiger partial charge in [0, 0.05) is 24.1 Å². The van der Waals surface area contributed by atoms with Crippen molar-refractivity contribution in [3.05, 3.63) is 42.0 Å². The van der Waals surface area contributed by atoms with Crippen LogP contribution in [0.1, 0.15) is 17.8 Å². The summed E-state index contributed by atoms with van der Waals surface area (Å²) in [4.78, 5) is 12.6. The number of aromatic nitrogens is 3. The maximum absolute atomic E-state index is 5.55. The molecule has 1 N–H and O–H groups in total. The molecule has 0 saturated carbocycles. The second-order valence-corrected chi connectivity index (χ2v) is 4.29. The molecular formula is C14H18N4O. The summed E-state index contributed by atoms with van der Waals surface area (Å²) in [6, 6.07) is 5.71. The Morgan fingerprint density at radius 2 is 2.00 bits per heavy atom. The third-order valence-corrected chi connectivity index (χ3v) is 2.49. The Balaban J connectivity index is 1.69. The standard InChI is InChI=1S/C14H18N4O/c1-11-9-12(2)18-14(17-11)16-7-4-8-19-13-5-3-6-15-10-13/h3,5-6,9-10H,4,7-8H2,1-2H3,(H,16,17,18). The van der Waals surface area contributed by atoms with Crippen molar-refractivity contribution in [3.63, 3.8) is 0 Å². The molecule has 2 rings (SSSR count). The summed E-state index contributed by atoms with van der Waals surface area (Å²) in [7, 11) is 0. The number of nitrogens with one attached hydrogen (secondary N) is 1. The lowest BCUT2D eigenvalue weighted by Crippen LogP contribution is -2.10. The molecule has 0 atom stereocenters. The van der Waals surface area contributed by atoms with Crippen molar-refractivity contribution in [2.75, 3.05) is 18.5 Å². The number of aryl methyl sites for hydroxylation is 2. The molecule has 0 aromatic carbocycles. The zero-order valence-corrected chi connectivity index (χ0v) is 11.3. The van der Waals surface area contributed by atoms with E-state index in [2.05, 4.69) is 20.3 Å². The van der Waals surface area contributed by atoms with Gasteiger partial charge >= 0.3 is 0 Å². The molecule has 2 aromatic rings. The quantitative estimate of drug-likeness (QED) is 0.806. The lowest BCUT2D eigenvalue weighted by molar-refractivity contribution is 0.313. The zero-order valence-electron chi connectivity index (χ0n) is 11.3. The zero-order chi connectivity index (χ0) is 13.5. The Hall–Kier alpha value is -2.17. The summed E-state index contributed by atoms with van der Waals surface area (Å²) >= 11 is 0. The Bertz CT molecular complexity index is 496. The SMILES string of the molecule is Cc1cc(C)nc(NCCCOc2cccnc2)n1. The van der Waals surface area contributed by atoms with Crippen LogP contribution in [0.4, 0.5) is 5.95 Å². The molecule has 0 radical (unpaired) electrons. The summed E-state index contributed by atoms with van der Waals surface area (Å²) in [5.74, 6) is 1.48. The molecule has 100 valence electrons. The van der Waals surface area contributed by atoms with Gasteiger partial charge in [-0.3, -0.25) is 4.98 Å². The third kappa shape index (κ3) is 4.54. The largest absolute Gasteiger partial charge is 0.492 e. The summed E-state index contributed by atoms with van der Waals surface area (Å²) in [5.41, 5.74) is 1.95. The van der Waals surface area contributed by atoms with Gasteiger partial charge in [0.05, 0.1) is 12.8 Å². The molecule has 5 nitrogen and oxygen atoms in total. The van der Waals surface area contributed by atoms with Gasteiger partial charge in [-0.1, -0.05) is 0 Å². The van der Waals surface area contributed by atoms with Crippen molar-refractivity contribution >= 4 is 5.95 Å². The number of nitrogens with zero attached hydrogens (tertiary/aromatic N) is 3. The fourth-order valence-electron chi connectivity index (χ4n) is 1.70. The molecule has 0 bridgehead atoms. The fraction of sp³-hybridized carbons (Fsp3) is 0.357. The Morgan fingerprint density at radius 1 is 1.21 bits per heavy atom. The maximum Gasteiger partial charge on any atom is 0.223 e. The third-order valence-electron chi connectivity index (χ3n) is 2.49. The van der Waals surface area contributed by atoms with Crippen molar-refractivity contribution in [1.82, 2.24) is 15.0 Å². The van der Waals surface area contributed by atoms with Crippen LogP contribution in [-0.4, -0.2) is 28.1 Å². The monoisotopic (exact) mass is 258 g/mol. The molecule has 0 spiro atoms.